The molecular formula is C16H25N5O2S. The van der Waals surface area contributed by atoms with Crippen LogP contribution in [-0.2, 0) is 4.74 Å². The monoisotopic (exact) mass is 351 g/mol. The van der Waals surface area contributed by atoms with E-state index in [9.17, 15) is 0 Å². The molecule has 1 saturated heterocycles. The van der Waals surface area contributed by atoms with Crippen molar-refractivity contribution in [3.63, 3.8) is 0 Å². The van der Waals surface area contributed by atoms with Gasteiger partial charge in [0.1, 0.15) is 12.4 Å². The van der Waals surface area contributed by atoms with Crippen molar-refractivity contribution in [2.24, 2.45) is 5.10 Å². The first-order chi connectivity index (χ1) is 11.6. The van der Waals surface area contributed by atoms with Crippen molar-refractivity contribution < 1.29 is 9.47 Å². The maximum atomic E-state index is 5.83. The number of pyridine rings is 1. The third-order valence-electron chi connectivity index (χ3n) is 3.61. The number of aromatic nitrogens is 1. The van der Waals surface area contributed by atoms with Gasteiger partial charge in [0.25, 0.3) is 0 Å². The van der Waals surface area contributed by atoms with E-state index in [1.54, 1.807) is 11.1 Å². The Morgan fingerprint density at radius 2 is 2.21 bits per heavy atom. The van der Waals surface area contributed by atoms with Crippen molar-refractivity contribution in [2.45, 2.75) is 6.92 Å². The third kappa shape index (κ3) is 6.03. The van der Waals surface area contributed by atoms with Crippen LogP contribution < -0.4 is 10.2 Å². The van der Waals surface area contributed by atoms with Crippen molar-refractivity contribution in [3.8, 4) is 5.75 Å². The van der Waals surface area contributed by atoms with Crippen LogP contribution in [0.25, 0.3) is 0 Å². The molecule has 1 aliphatic rings. The topological polar surface area (TPSA) is 62.2 Å². The number of rotatable bonds is 6. The number of nitrogens with zero attached hydrogens (tertiary/aromatic N) is 4. The minimum absolute atomic E-state index is 0.548. The van der Waals surface area contributed by atoms with Crippen LogP contribution >= 0.6 is 12.2 Å². The maximum absolute atomic E-state index is 5.83. The van der Waals surface area contributed by atoms with Crippen molar-refractivity contribution >= 4 is 23.0 Å². The highest BCUT2D eigenvalue weighted by Crippen LogP contribution is 2.12. The SMILES string of the molecule is C/C(=N\NC(=S)N(C)C)c1cc(OCCN2CCOCC2)ccn1. The zero-order valence-electron chi connectivity index (χ0n) is 14.5. The molecule has 2 rings (SSSR count). The van der Waals surface area contributed by atoms with Gasteiger partial charge in [-0.05, 0) is 25.2 Å². The predicted octanol–water partition coefficient (Wildman–Crippen LogP) is 0.953. The Morgan fingerprint density at radius 1 is 1.46 bits per heavy atom. The fraction of sp³-hybridized carbons (Fsp3) is 0.562. The lowest BCUT2D eigenvalue weighted by molar-refractivity contribution is 0.0322. The van der Waals surface area contributed by atoms with Gasteiger partial charge in [-0.15, -0.1) is 0 Å². The lowest BCUT2D eigenvalue weighted by atomic mass is 10.2. The number of morpholine rings is 1. The summed E-state index contributed by atoms with van der Waals surface area (Å²) in [5.41, 5.74) is 4.34. The van der Waals surface area contributed by atoms with Crippen LogP contribution in [0.4, 0.5) is 0 Å². The van der Waals surface area contributed by atoms with Gasteiger partial charge < -0.3 is 14.4 Å². The summed E-state index contributed by atoms with van der Waals surface area (Å²) in [4.78, 5) is 8.45. The largest absolute Gasteiger partial charge is 0.492 e. The van der Waals surface area contributed by atoms with Gasteiger partial charge in [0.05, 0.1) is 24.6 Å². The third-order valence-corrected chi connectivity index (χ3v) is 4.06. The summed E-state index contributed by atoms with van der Waals surface area (Å²) >= 11 is 5.14. The molecule has 2 heterocycles. The summed E-state index contributed by atoms with van der Waals surface area (Å²) in [6.45, 7) is 6.95. The summed E-state index contributed by atoms with van der Waals surface area (Å²) in [6.07, 6.45) is 1.72. The first-order valence-corrected chi connectivity index (χ1v) is 8.38. The Bertz CT molecular complexity index is 573. The van der Waals surface area contributed by atoms with E-state index in [4.69, 9.17) is 21.7 Å². The number of hydrazone groups is 1. The molecule has 24 heavy (non-hydrogen) atoms. The molecule has 1 aliphatic heterocycles. The Hall–Kier alpha value is -1.77. The van der Waals surface area contributed by atoms with E-state index in [0.29, 0.717) is 11.7 Å². The van der Waals surface area contributed by atoms with E-state index in [0.717, 1.165) is 50.0 Å². The van der Waals surface area contributed by atoms with Gasteiger partial charge in [0.2, 0.25) is 0 Å². The smallest absolute Gasteiger partial charge is 0.189 e. The van der Waals surface area contributed by atoms with E-state index in [-0.39, 0.29) is 0 Å². The Balaban J connectivity index is 1.85. The molecule has 0 radical (unpaired) electrons. The van der Waals surface area contributed by atoms with Gasteiger partial charge >= 0.3 is 0 Å². The first kappa shape index (κ1) is 18.6. The van der Waals surface area contributed by atoms with Gasteiger partial charge in [-0.1, -0.05) is 0 Å². The molecule has 132 valence electrons. The minimum atomic E-state index is 0.548. The molecule has 0 atom stereocenters. The molecular weight excluding hydrogens is 326 g/mol. The molecule has 0 aromatic carbocycles. The van der Waals surface area contributed by atoms with E-state index in [1.807, 2.05) is 33.2 Å². The molecule has 0 saturated carbocycles. The summed E-state index contributed by atoms with van der Waals surface area (Å²) in [6, 6.07) is 3.74. The molecule has 8 heteroatoms. The summed E-state index contributed by atoms with van der Waals surface area (Å²) in [7, 11) is 3.72. The molecule has 1 N–H and O–H groups in total. The first-order valence-electron chi connectivity index (χ1n) is 7.97. The standard InChI is InChI=1S/C16H25N5O2S/c1-13(18-19-16(24)20(2)3)15-12-14(4-5-17-15)23-11-8-21-6-9-22-10-7-21/h4-5,12H,6-11H2,1-3H3,(H,19,24)/b18-13+. The highest BCUT2D eigenvalue weighted by atomic mass is 32.1. The van der Waals surface area contributed by atoms with Crippen LogP contribution in [0.1, 0.15) is 12.6 Å². The molecule has 0 bridgehead atoms. The average Bonchev–Trinajstić information content (AvgIpc) is 2.60. The van der Waals surface area contributed by atoms with E-state index < -0.39 is 0 Å². The molecule has 0 amide bonds. The fourth-order valence-electron chi connectivity index (χ4n) is 2.11. The normalized spacial score (nSPS) is 15.9. The molecule has 7 nitrogen and oxygen atoms in total. The number of thiocarbonyl (C=S) groups is 1. The van der Waals surface area contributed by atoms with Gasteiger partial charge in [0, 0.05) is 46.0 Å². The second-order valence-electron chi connectivity index (χ2n) is 5.69. The lowest BCUT2D eigenvalue weighted by Crippen LogP contribution is -2.38. The van der Waals surface area contributed by atoms with Crippen LogP contribution in [-0.4, -0.2) is 79.2 Å². The molecule has 0 aliphatic carbocycles. The van der Waals surface area contributed by atoms with E-state index in [2.05, 4.69) is 20.4 Å². The van der Waals surface area contributed by atoms with Crippen molar-refractivity contribution in [2.75, 3.05) is 53.6 Å². The molecule has 0 spiro atoms. The summed E-state index contributed by atoms with van der Waals surface area (Å²) < 4.78 is 11.2. The van der Waals surface area contributed by atoms with Crippen LogP contribution in [0.3, 0.4) is 0 Å². The highest BCUT2D eigenvalue weighted by molar-refractivity contribution is 7.80. The van der Waals surface area contributed by atoms with Crippen LogP contribution in [0.5, 0.6) is 5.75 Å². The number of ether oxygens (including phenoxy) is 2. The van der Waals surface area contributed by atoms with Crippen molar-refractivity contribution in [1.29, 1.82) is 0 Å². The minimum Gasteiger partial charge on any atom is -0.492 e. The van der Waals surface area contributed by atoms with Crippen LogP contribution in [0, 0.1) is 0 Å². The van der Waals surface area contributed by atoms with Gasteiger partial charge in [-0.25, -0.2) is 0 Å². The van der Waals surface area contributed by atoms with Gasteiger partial charge in [0.15, 0.2) is 5.11 Å². The second kappa shape index (κ2) is 9.51. The fourth-order valence-corrected chi connectivity index (χ4v) is 2.15. The molecule has 1 fully saturated rings. The second-order valence-corrected chi connectivity index (χ2v) is 6.07. The Labute approximate surface area is 148 Å². The lowest BCUT2D eigenvalue weighted by Gasteiger charge is -2.26. The zero-order chi connectivity index (χ0) is 17.4. The number of hydrogen-bond acceptors (Lipinski definition) is 6. The van der Waals surface area contributed by atoms with Gasteiger partial charge in [-0.2, -0.15) is 5.10 Å². The zero-order valence-corrected chi connectivity index (χ0v) is 15.3. The van der Waals surface area contributed by atoms with Crippen LogP contribution in [0.15, 0.2) is 23.4 Å². The van der Waals surface area contributed by atoms with Crippen LogP contribution in [0.2, 0.25) is 0 Å². The van der Waals surface area contributed by atoms with Crippen molar-refractivity contribution in [1.82, 2.24) is 20.2 Å². The average molecular weight is 351 g/mol. The Kier molecular flexibility index (Phi) is 7.36. The van der Waals surface area contributed by atoms with Crippen molar-refractivity contribution in [3.05, 3.63) is 24.0 Å². The maximum Gasteiger partial charge on any atom is 0.189 e. The van der Waals surface area contributed by atoms with E-state index >= 15 is 0 Å². The van der Waals surface area contributed by atoms with Gasteiger partial charge in [-0.3, -0.25) is 15.3 Å². The molecule has 1 aromatic heterocycles. The number of hydrogen-bond donors (Lipinski definition) is 1. The van der Waals surface area contributed by atoms with E-state index in [1.165, 1.54) is 0 Å². The predicted molar refractivity (Wildman–Crippen MR) is 98.6 cm³/mol. The Morgan fingerprint density at radius 3 is 2.92 bits per heavy atom. The summed E-state index contributed by atoms with van der Waals surface area (Å²) in [5.74, 6) is 0.790. The number of nitrogens with one attached hydrogen (secondary N) is 1. The quantitative estimate of drug-likeness (QED) is 0.465. The summed E-state index contributed by atoms with van der Waals surface area (Å²) in [5, 5.41) is 4.80. The molecule has 0 unspecified atom stereocenters. The molecule has 1 aromatic rings. The highest BCUT2D eigenvalue weighted by Gasteiger charge is 2.10.